The fraction of sp³-hybridized carbons (Fsp3) is 0.727. The van der Waals surface area contributed by atoms with Crippen LogP contribution in [-0.4, -0.2) is 45.5 Å². The van der Waals surface area contributed by atoms with Crippen LogP contribution in [0.15, 0.2) is 0 Å². The van der Waals surface area contributed by atoms with Gasteiger partial charge in [0.25, 0.3) is 0 Å². The van der Waals surface area contributed by atoms with Gasteiger partial charge < -0.3 is 10.6 Å². The van der Waals surface area contributed by atoms with Gasteiger partial charge in [0, 0.05) is 12.5 Å². The summed E-state index contributed by atoms with van der Waals surface area (Å²) in [5, 5.41) is 8.28. The van der Waals surface area contributed by atoms with Gasteiger partial charge in [-0.05, 0) is 39.9 Å². The van der Waals surface area contributed by atoms with Gasteiger partial charge in [-0.3, -0.25) is 0 Å². The summed E-state index contributed by atoms with van der Waals surface area (Å²) in [6, 6.07) is 0. The number of hydrogen-bond donors (Lipinski definition) is 1. The van der Waals surface area contributed by atoms with Crippen LogP contribution in [0.3, 0.4) is 0 Å². The van der Waals surface area contributed by atoms with Crippen LogP contribution in [-0.2, 0) is 6.54 Å². The van der Waals surface area contributed by atoms with Gasteiger partial charge in [-0.2, -0.15) is 0 Å². The highest BCUT2D eigenvalue weighted by molar-refractivity contribution is 7.80. The molecule has 0 radical (unpaired) electrons. The predicted molar refractivity (Wildman–Crippen MR) is 71.1 cm³/mol. The molecule has 94 valence electrons. The van der Waals surface area contributed by atoms with Gasteiger partial charge in [0.05, 0.1) is 5.69 Å². The van der Waals surface area contributed by atoms with E-state index in [4.69, 9.17) is 18.0 Å². The zero-order valence-electron chi connectivity index (χ0n) is 10.4. The lowest BCUT2D eigenvalue weighted by atomic mass is 10.2. The highest BCUT2D eigenvalue weighted by Crippen LogP contribution is 2.41. The number of nitrogens with zero attached hydrogens (tertiary/aromatic N) is 4. The molecule has 1 heterocycles. The normalized spacial score (nSPS) is 15.5. The van der Waals surface area contributed by atoms with E-state index in [1.807, 2.05) is 4.68 Å². The Morgan fingerprint density at radius 3 is 2.76 bits per heavy atom. The first-order chi connectivity index (χ1) is 8.09. The fourth-order valence-electron chi connectivity index (χ4n) is 1.96. The van der Waals surface area contributed by atoms with E-state index < -0.39 is 0 Å². The molecule has 1 saturated carbocycles. The van der Waals surface area contributed by atoms with E-state index in [0.29, 0.717) is 10.9 Å². The zero-order chi connectivity index (χ0) is 12.4. The Kier molecular flexibility index (Phi) is 3.73. The van der Waals surface area contributed by atoms with E-state index in [0.717, 1.165) is 30.9 Å². The molecule has 0 amide bonds. The Labute approximate surface area is 107 Å². The smallest absolute Gasteiger partial charge is 0.143 e. The minimum Gasteiger partial charge on any atom is -0.388 e. The Hall–Kier alpha value is -1.01. The van der Waals surface area contributed by atoms with E-state index in [1.165, 1.54) is 12.8 Å². The molecule has 0 aromatic carbocycles. The number of aryl methyl sites for hydroxylation is 1. The van der Waals surface area contributed by atoms with Gasteiger partial charge in [0.1, 0.15) is 10.7 Å². The summed E-state index contributed by atoms with van der Waals surface area (Å²) < 4.78 is 1.98. The van der Waals surface area contributed by atoms with Gasteiger partial charge in [-0.25, -0.2) is 4.68 Å². The second kappa shape index (κ2) is 5.10. The Morgan fingerprint density at radius 2 is 2.24 bits per heavy atom. The van der Waals surface area contributed by atoms with Crippen LogP contribution in [0.25, 0.3) is 0 Å². The van der Waals surface area contributed by atoms with Crippen molar-refractivity contribution in [3.63, 3.8) is 0 Å². The van der Waals surface area contributed by atoms with Gasteiger partial charge >= 0.3 is 0 Å². The van der Waals surface area contributed by atoms with Crippen molar-refractivity contribution in [1.82, 2.24) is 19.9 Å². The lowest BCUT2D eigenvalue weighted by molar-refractivity contribution is 0.376. The summed E-state index contributed by atoms with van der Waals surface area (Å²) in [5.41, 5.74) is 7.56. The van der Waals surface area contributed by atoms with E-state index in [1.54, 1.807) is 0 Å². The second-order valence-corrected chi connectivity index (χ2v) is 5.28. The van der Waals surface area contributed by atoms with Crippen LogP contribution in [0, 0.1) is 0 Å². The summed E-state index contributed by atoms with van der Waals surface area (Å²) in [6.45, 7) is 1.94. The molecule has 2 N–H and O–H groups in total. The lowest BCUT2D eigenvalue weighted by Gasteiger charge is -2.10. The van der Waals surface area contributed by atoms with E-state index in [9.17, 15) is 0 Å². The van der Waals surface area contributed by atoms with Gasteiger partial charge in [0.2, 0.25) is 0 Å². The van der Waals surface area contributed by atoms with Crippen LogP contribution in [0.1, 0.15) is 36.6 Å². The van der Waals surface area contributed by atoms with Crippen molar-refractivity contribution in [2.45, 2.75) is 31.7 Å². The summed E-state index contributed by atoms with van der Waals surface area (Å²) in [4.78, 5) is 2.54. The van der Waals surface area contributed by atoms with Crippen molar-refractivity contribution in [3.8, 4) is 0 Å². The first-order valence-electron chi connectivity index (χ1n) is 5.97. The topological polar surface area (TPSA) is 60.0 Å². The third-order valence-electron chi connectivity index (χ3n) is 2.95. The number of nitrogens with two attached hydrogens (primary N) is 1. The summed E-state index contributed by atoms with van der Waals surface area (Å²) in [6.07, 6.45) is 3.47. The molecule has 1 aromatic heterocycles. The molecular weight excluding hydrogens is 234 g/mol. The lowest BCUT2D eigenvalue weighted by Crippen LogP contribution is -2.17. The number of hydrogen-bond acceptors (Lipinski definition) is 4. The molecule has 0 spiro atoms. The second-order valence-electron chi connectivity index (χ2n) is 4.84. The summed E-state index contributed by atoms with van der Waals surface area (Å²) in [7, 11) is 4.15. The average molecular weight is 253 g/mol. The van der Waals surface area contributed by atoms with Crippen LogP contribution in [0.2, 0.25) is 0 Å². The van der Waals surface area contributed by atoms with Crippen molar-refractivity contribution in [2.75, 3.05) is 20.6 Å². The fourth-order valence-corrected chi connectivity index (χ4v) is 2.10. The van der Waals surface area contributed by atoms with Gasteiger partial charge in [0.15, 0.2) is 0 Å². The van der Waals surface area contributed by atoms with Crippen molar-refractivity contribution in [3.05, 3.63) is 11.4 Å². The minimum absolute atomic E-state index is 0.366. The monoisotopic (exact) mass is 253 g/mol. The van der Waals surface area contributed by atoms with Crippen molar-refractivity contribution < 1.29 is 0 Å². The molecule has 0 bridgehead atoms. The Morgan fingerprint density at radius 1 is 1.53 bits per heavy atom. The Bertz CT molecular complexity index is 408. The van der Waals surface area contributed by atoms with E-state index in [-0.39, 0.29) is 0 Å². The highest BCUT2D eigenvalue weighted by atomic mass is 32.1. The standard InChI is InChI=1S/C11H19N5S/c1-15(2)6-3-7-16-10(8-4-5-8)9(11(12)17)13-14-16/h8H,3-7H2,1-2H3,(H2,12,17). The van der Waals surface area contributed by atoms with Gasteiger partial charge in [-0.15, -0.1) is 5.10 Å². The summed E-state index contributed by atoms with van der Waals surface area (Å²) >= 11 is 5.02. The van der Waals surface area contributed by atoms with Gasteiger partial charge in [-0.1, -0.05) is 17.4 Å². The first-order valence-corrected chi connectivity index (χ1v) is 6.38. The predicted octanol–water partition coefficient (Wildman–Crippen LogP) is 0.741. The molecule has 0 atom stereocenters. The molecule has 0 saturated heterocycles. The Balaban J connectivity index is 2.08. The van der Waals surface area contributed by atoms with Crippen molar-refractivity contribution >= 4 is 17.2 Å². The summed E-state index contributed by atoms with van der Waals surface area (Å²) in [5.74, 6) is 0.570. The molecule has 1 aromatic rings. The van der Waals surface area contributed by atoms with Crippen molar-refractivity contribution in [2.24, 2.45) is 5.73 Å². The van der Waals surface area contributed by atoms with Crippen LogP contribution < -0.4 is 5.73 Å². The number of rotatable bonds is 6. The maximum atomic E-state index is 5.68. The molecule has 0 unspecified atom stereocenters. The third kappa shape index (κ3) is 3.01. The maximum absolute atomic E-state index is 5.68. The maximum Gasteiger partial charge on any atom is 0.143 e. The van der Waals surface area contributed by atoms with E-state index in [2.05, 4.69) is 29.3 Å². The minimum atomic E-state index is 0.366. The largest absolute Gasteiger partial charge is 0.388 e. The molecular formula is C11H19N5S. The molecule has 17 heavy (non-hydrogen) atoms. The molecule has 1 aliphatic rings. The molecule has 5 nitrogen and oxygen atoms in total. The molecule has 0 aliphatic heterocycles. The highest BCUT2D eigenvalue weighted by Gasteiger charge is 2.31. The third-order valence-corrected chi connectivity index (χ3v) is 3.14. The van der Waals surface area contributed by atoms with E-state index >= 15 is 0 Å². The number of thiocarbonyl (C=S) groups is 1. The molecule has 1 fully saturated rings. The quantitative estimate of drug-likeness (QED) is 0.758. The van der Waals surface area contributed by atoms with Crippen LogP contribution in [0.5, 0.6) is 0 Å². The first kappa shape index (κ1) is 12.4. The van der Waals surface area contributed by atoms with Crippen LogP contribution >= 0.6 is 12.2 Å². The zero-order valence-corrected chi connectivity index (χ0v) is 11.2. The molecule has 6 heteroatoms. The van der Waals surface area contributed by atoms with Crippen molar-refractivity contribution in [1.29, 1.82) is 0 Å². The number of aromatic nitrogens is 3. The van der Waals surface area contributed by atoms with Crippen LogP contribution in [0.4, 0.5) is 0 Å². The average Bonchev–Trinajstić information content (AvgIpc) is 2.99. The molecule has 1 aliphatic carbocycles. The SMILES string of the molecule is CN(C)CCCn1nnc(C(N)=S)c1C1CC1. The molecule has 2 rings (SSSR count).